The number of carbonyl (C=O) groups is 1. The lowest BCUT2D eigenvalue weighted by Gasteiger charge is -2.23. The average Bonchev–Trinajstić information content (AvgIpc) is 2.71. The molecule has 0 spiro atoms. The maximum Gasteiger partial charge on any atom is 0.261 e. The van der Waals surface area contributed by atoms with E-state index in [-0.39, 0.29) is 11.9 Å². The Kier molecular flexibility index (Phi) is 7.94. The van der Waals surface area contributed by atoms with Gasteiger partial charge in [0.25, 0.3) is 5.91 Å². The van der Waals surface area contributed by atoms with Crippen LogP contribution in [0.4, 0.5) is 0 Å². The summed E-state index contributed by atoms with van der Waals surface area (Å²) < 4.78 is 16.7. The summed E-state index contributed by atoms with van der Waals surface area (Å²) >= 11 is 0. The highest BCUT2D eigenvalue weighted by molar-refractivity contribution is 5.81. The summed E-state index contributed by atoms with van der Waals surface area (Å²) in [6.07, 6.45) is -0.0121. The molecule has 158 valence electrons. The first-order chi connectivity index (χ1) is 13.8. The Morgan fingerprint density at radius 2 is 1.69 bits per heavy atom. The van der Waals surface area contributed by atoms with Gasteiger partial charge in [0.1, 0.15) is 17.2 Å². The third kappa shape index (κ3) is 5.66. The number of nitrogens with one attached hydrogen (secondary N) is 1. The molecule has 0 saturated carbocycles. The molecule has 0 fully saturated rings. The fourth-order valence-corrected chi connectivity index (χ4v) is 3.36. The molecule has 2 rings (SSSR count). The minimum Gasteiger partial charge on any atom is -0.497 e. The fourth-order valence-electron chi connectivity index (χ4n) is 3.36. The highest BCUT2D eigenvalue weighted by atomic mass is 16.5. The molecule has 2 aromatic rings. The lowest BCUT2D eigenvalue weighted by molar-refractivity contribution is -0.128. The number of rotatable bonds is 9. The van der Waals surface area contributed by atoms with Crippen LogP contribution in [0.15, 0.2) is 36.4 Å². The summed E-state index contributed by atoms with van der Waals surface area (Å²) in [4.78, 5) is 12.9. The van der Waals surface area contributed by atoms with E-state index in [1.807, 2.05) is 45.0 Å². The molecule has 0 radical (unpaired) electrons. The molecule has 0 heterocycles. The van der Waals surface area contributed by atoms with Crippen molar-refractivity contribution in [3.63, 3.8) is 0 Å². The second-order valence-electron chi connectivity index (χ2n) is 7.53. The van der Waals surface area contributed by atoms with Crippen LogP contribution >= 0.6 is 0 Å². The lowest BCUT2D eigenvalue weighted by atomic mass is 9.93. The van der Waals surface area contributed by atoms with Crippen molar-refractivity contribution >= 4 is 5.91 Å². The van der Waals surface area contributed by atoms with Gasteiger partial charge in [0.15, 0.2) is 6.10 Å². The van der Waals surface area contributed by atoms with Crippen molar-refractivity contribution in [3.8, 4) is 17.2 Å². The van der Waals surface area contributed by atoms with E-state index in [1.165, 1.54) is 0 Å². The van der Waals surface area contributed by atoms with Crippen LogP contribution < -0.4 is 19.5 Å². The molecule has 29 heavy (non-hydrogen) atoms. The molecule has 0 aromatic heterocycles. The molecule has 1 N–H and O–H groups in total. The van der Waals surface area contributed by atoms with Crippen molar-refractivity contribution in [2.45, 2.75) is 59.1 Å². The Labute approximate surface area is 174 Å². The molecule has 0 aliphatic rings. The van der Waals surface area contributed by atoms with Gasteiger partial charge in [-0.05, 0) is 67.1 Å². The van der Waals surface area contributed by atoms with Gasteiger partial charge < -0.3 is 19.5 Å². The fraction of sp³-hybridized carbons (Fsp3) is 0.458. The molecule has 5 heteroatoms. The van der Waals surface area contributed by atoms with E-state index in [1.54, 1.807) is 20.3 Å². The summed E-state index contributed by atoms with van der Waals surface area (Å²) in [5, 5.41) is 3.10. The number of hydrogen-bond acceptors (Lipinski definition) is 4. The summed E-state index contributed by atoms with van der Waals surface area (Å²) in [6.45, 7) is 10.2. The summed E-state index contributed by atoms with van der Waals surface area (Å²) in [6, 6.07) is 11.3. The van der Waals surface area contributed by atoms with Crippen molar-refractivity contribution in [1.29, 1.82) is 0 Å². The normalized spacial score (nSPS) is 13.0. The topological polar surface area (TPSA) is 56.8 Å². The highest BCUT2D eigenvalue weighted by Crippen LogP contribution is 2.32. The molecule has 1 amide bonds. The minimum atomic E-state index is -0.576. The van der Waals surface area contributed by atoms with Gasteiger partial charge in [0.2, 0.25) is 0 Å². The third-order valence-electron chi connectivity index (χ3n) is 5.05. The van der Waals surface area contributed by atoms with Gasteiger partial charge in [0, 0.05) is 6.07 Å². The monoisotopic (exact) mass is 399 g/mol. The number of ether oxygens (including phenoxy) is 3. The molecule has 5 nitrogen and oxygen atoms in total. The molecule has 2 atom stereocenters. The molecule has 0 unspecified atom stereocenters. The summed E-state index contributed by atoms with van der Waals surface area (Å²) in [5.74, 6) is 2.38. The number of hydrogen-bond donors (Lipinski definition) is 1. The highest BCUT2D eigenvalue weighted by Gasteiger charge is 2.22. The standard InChI is InChI=1S/C24H33NO4/c1-8-22(29-19-11-9-10-18(13-19)27-6)24(26)25-17(5)21-14-20(15(2)3)23(28-7)12-16(21)4/h9-15,17,22H,8H2,1-7H3,(H,25,26)/t17-,22-/m0/s1. The van der Waals surface area contributed by atoms with Gasteiger partial charge in [-0.1, -0.05) is 26.8 Å². The predicted molar refractivity (Wildman–Crippen MR) is 116 cm³/mol. The first kappa shape index (κ1) is 22.6. The van der Waals surface area contributed by atoms with Gasteiger partial charge >= 0.3 is 0 Å². The van der Waals surface area contributed by atoms with Crippen molar-refractivity contribution in [3.05, 3.63) is 53.1 Å². The van der Waals surface area contributed by atoms with Gasteiger partial charge in [-0.2, -0.15) is 0 Å². The molecule has 0 aliphatic heterocycles. The van der Waals surface area contributed by atoms with Crippen molar-refractivity contribution in [2.75, 3.05) is 14.2 Å². The zero-order valence-electron chi connectivity index (χ0n) is 18.5. The zero-order valence-corrected chi connectivity index (χ0v) is 18.5. The van der Waals surface area contributed by atoms with Crippen LogP contribution in [0.2, 0.25) is 0 Å². The van der Waals surface area contributed by atoms with E-state index < -0.39 is 6.10 Å². The van der Waals surface area contributed by atoms with Crippen LogP contribution in [0, 0.1) is 6.92 Å². The molecular formula is C24H33NO4. The van der Waals surface area contributed by atoms with Gasteiger partial charge in [-0.3, -0.25) is 4.79 Å². The maximum absolute atomic E-state index is 12.9. The van der Waals surface area contributed by atoms with Crippen molar-refractivity contribution < 1.29 is 19.0 Å². The van der Waals surface area contributed by atoms with E-state index >= 15 is 0 Å². The molecule has 2 aromatic carbocycles. The third-order valence-corrected chi connectivity index (χ3v) is 5.05. The van der Waals surface area contributed by atoms with E-state index in [2.05, 4.69) is 25.2 Å². The van der Waals surface area contributed by atoms with E-state index in [4.69, 9.17) is 14.2 Å². The van der Waals surface area contributed by atoms with Crippen LogP contribution in [0.1, 0.15) is 62.8 Å². The number of benzene rings is 2. The van der Waals surface area contributed by atoms with Crippen LogP contribution in [0.25, 0.3) is 0 Å². The minimum absolute atomic E-state index is 0.135. The second-order valence-corrected chi connectivity index (χ2v) is 7.53. The van der Waals surface area contributed by atoms with Crippen LogP contribution in [-0.4, -0.2) is 26.2 Å². The van der Waals surface area contributed by atoms with E-state index in [0.29, 0.717) is 23.8 Å². The lowest BCUT2D eigenvalue weighted by Crippen LogP contribution is -2.39. The van der Waals surface area contributed by atoms with Crippen molar-refractivity contribution in [2.24, 2.45) is 0 Å². The van der Waals surface area contributed by atoms with Crippen LogP contribution in [0.3, 0.4) is 0 Å². The van der Waals surface area contributed by atoms with Gasteiger partial charge in [-0.25, -0.2) is 0 Å². The van der Waals surface area contributed by atoms with Gasteiger partial charge in [-0.15, -0.1) is 0 Å². The maximum atomic E-state index is 12.9. The van der Waals surface area contributed by atoms with Crippen molar-refractivity contribution in [1.82, 2.24) is 5.32 Å². The molecule has 0 aliphatic carbocycles. The molecule has 0 saturated heterocycles. The van der Waals surface area contributed by atoms with Crippen LogP contribution in [0.5, 0.6) is 17.2 Å². The average molecular weight is 400 g/mol. The quantitative estimate of drug-likeness (QED) is 0.632. The Morgan fingerprint density at radius 1 is 1.00 bits per heavy atom. The van der Waals surface area contributed by atoms with Crippen LogP contribution in [-0.2, 0) is 4.79 Å². The summed E-state index contributed by atoms with van der Waals surface area (Å²) in [5.41, 5.74) is 3.30. The van der Waals surface area contributed by atoms with E-state index in [9.17, 15) is 4.79 Å². The number of amides is 1. The predicted octanol–water partition coefficient (Wildman–Crippen LogP) is 5.17. The number of methoxy groups -OCH3 is 2. The Hall–Kier alpha value is -2.69. The first-order valence-electron chi connectivity index (χ1n) is 10.1. The SMILES string of the molecule is CC[C@H](Oc1cccc(OC)c1)C(=O)N[C@@H](C)c1cc(C(C)C)c(OC)cc1C. The molecular weight excluding hydrogens is 366 g/mol. The largest absolute Gasteiger partial charge is 0.497 e. The Morgan fingerprint density at radius 3 is 2.28 bits per heavy atom. The molecule has 0 bridgehead atoms. The summed E-state index contributed by atoms with van der Waals surface area (Å²) in [7, 11) is 3.29. The van der Waals surface area contributed by atoms with E-state index in [0.717, 1.165) is 22.4 Å². The second kappa shape index (κ2) is 10.2. The Balaban J connectivity index is 2.16. The zero-order chi connectivity index (χ0) is 21.6. The smallest absolute Gasteiger partial charge is 0.261 e. The Bertz CT molecular complexity index is 832. The number of aryl methyl sites for hydroxylation is 1. The first-order valence-corrected chi connectivity index (χ1v) is 10.1. The number of carbonyl (C=O) groups excluding carboxylic acids is 1. The van der Waals surface area contributed by atoms with Gasteiger partial charge in [0.05, 0.1) is 20.3 Å².